The SMILES string of the molecule is C[C@@H](NC(=O)C(C)(C)C)[C@H](c1cccs1)[NH+]1CCOCC1. The van der Waals surface area contributed by atoms with E-state index in [1.807, 2.05) is 20.8 Å². The number of nitrogens with one attached hydrogen (secondary N) is 2. The minimum absolute atomic E-state index is 0.114. The number of carbonyl (C=O) groups excluding carboxylic acids is 1. The maximum Gasteiger partial charge on any atom is 0.225 e. The molecule has 2 rings (SSSR count). The van der Waals surface area contributed by atoms with Crippen molar-refractivity contribution in [3.05, 3.63) is 22.4 Å². The fourth-order valence-electron chi connectivity index (χ4n) is 2.72. The van der Waals surface area contributed by atoms with Crippen molar-refractivity contribution in [2.24, 2.45) is 5.41 Å². The molecule has 21 heavy (non-hydrogen) atoms. The van der Waals surface area contributed by atoms with Crippen molar-refractivity contribution in [1.29, 1.82) is 0 Å². The highest BCUT2D eigenvalue weighted by Gasteiger charge is 2.34. The smallest absolute Gasteiger partial charge is 0.225 e. The summed E-state index contributed by atoms with van der Waals surface area (Å²) in [5.74, 6) is 0.115. The molecule has 4 nitrogen and oxygen atoms in total. The van der Waals surface area contributed by atoms with Gasteiger partial charge in [-0.05, 0) is 18.4 Å². The van der Waals surface area contributed by atoms with E-state index in [-0.39, 0.29) is 17.4 Å². The minimum atomic E-state index is -0.353. The van der Waals surface area contributed by atoms with Crippen LogP contribution in [0.1, 0.15) is 38.6 Å². The van der Waals surface area contributed by atoms with Gasteiger partial charge in [-0.2, -0.15) is 0 Å². The van der Waals surface area contributed by atoms with Crippen LogP contribution >= 0.6 is 11.3 Å². The standard InChI is InChI=1S/C16H26N2O2S/c1-12(17-15(19)16(2,3)4)14(13-6-5-11-21-13)18-7-9-20-10-8-18/h5-6,11-12,14H,7-10H2,1-4H3,(H,17,19)/p+1/t12-,14-/m1/s1. The van der Waals surface area contributed by atoms with Crippen LogP contribution in [0.5, 0.6) is 0 Å². The lowest BCUT2D eigenvalue weighted by atomic mass is 9.94. The average molecular weight is 311 g/mol. The van der Waals surface area contributed by atoms with Gasteiger partial charge in [-0.25, -0.2) is 0 Å². The summed E-state index contributed by atoms with van der Waals surface area (Å²) in [5, 5.41) is 5.32. The Morgan fingerprint density at radius 2 is 2.05 bits per heavy atom. The van der Waals surface area contributed by atoms with Crippen LogP contribution in [0.4, 0.5) is 0 Å². The van der Waals surface area contributed by atoms with Crippen molar-refractivity contribution >= 4 is 17.2 Å². The van der Waals surface area contributed by atoms with E-state index in [4.69, 9.17) is 4.74 Å². The van der Waals surface area contributed by atoms with Gasteiger partial charge in [-0.1, -0.05) is 26.8 Å². The van der Waals surface area contributed by atoms with Crippen LogP contribution in [0, 0.1) is 5.41 Å². The van der Waals surface area contributed by atoms with E-state index in [2.05, 4.69) is 29.8 Å². The number of quaternary nitrogens is 1. The number of hydrogen-bond donors (Lipinski definition) is 2. The van der Waals surface area contributed by atoms with Crippen LogP contribution < -0.4 is 10.2 Å². The zero-order valence-electron chi connectivity index (χ0n) is 13.4. The Morgan fingerprint density at radius 3 is 2.57 bits per heavy atom. The topological polar surface area (TPSA) is 42.8 Å². The summed E-state index contributed by atoms with van der Waals surface area (Å²) in [4.78, 5) is 15.1. The van der Waals surface area contributed by atoms with Gasteiger partial charge in [0.15, 0.2) is 0 Å². The molecular formula is C16H27N2O2S+. The normalized spacial score (nSPS) is 20.0. The monoisotopic (exact) mass is 311 g/mol. The molecule has 1 amide bonds. The molecule has 1 aliphatic rings. The first-order valence-electron chi connectivity index (χ1n) is 7.66. The largest absolute Gasteiger partial charge is 0.370 e. The molecule has 0 aliphatic carbocycles. The van der Waals surface area contributed by atoms with Gasteiger partial charge in [-0.15, -0.1) is 11.3 Å². The van der Waals surface area contributed by atoms with Gasteiger partial charge in [0.25, 0.3) is 0 Å². The van der Waals surface area contributed by atoms with Crippen LogP contribution in [0.2, 0.25) is 0 Å². The van der Waals surface area contributed by atoms with E-state index in [1.165, 1.54) is 9.78 Å². The third kappa shape index (κ3) is 4.28. The van der Waals surface area contributed by atoms with E-state index >= 15 is 0 Å². The molecule has 1 saturated heterocycles. The number of amides is 1. The van der Waals surface area contributed by atoms with Crippen molar-refractivity contribution in [3.8, 4) is 0 Å². The molecule has 0 bridgehead atoms. The lowest BCUT2D eigenvalue weighted by Gasteiger charge is -2.35. The van der Waals surface area contributed by atoms with Gasteiger partial charge in [0.2, 0.25) is 5.91 Å². The van der Waals surface area contributed by atoms with E-state index < -0.39 is 0 Å². The predicted octanol–water partition coefficient (Wildman–Crippen LogP) is 1.26. The third-order valence-electron chi connectivity index (χ3n) is 3.96. The van der Waals surface area contributed by atoms with Crippen molar-refractivity contribution in [3.63, 3.8) is 0 Å². The van der Waals surface area contributed by atoms with Crippen molar-refractivity contribution in [2.45, 2.75) is 39.8 Å². The summed E-state index contributed by atoms with van der Waals surface area (Å²) in [6, 6.07) is 4.69. The Morgan fingerprint density at radius 1 is 1.38 bits per heavy atom. The highest BCUT2D eigenvalue weighted by molar-refractivity contribution is 7.10. The first-order valence-corrected chi connectivity index (χ1v) is 8.54. The summed E-state index contributed by atoms with van der Waals surface area (Å²) in [7, 11) is 0. The minimum Gasteiger partial charge on any atom is -0.370 e. The van der Waals surface area contributed by atoms with Gasteiger partial charge in [0.05, 0.1) is 24.1 Å². The molecule has 1 aliphatic heterocycles. The number of hydrogen-bond acceptors (Lipinski definition) is 3. The number of carbonyl (C=O) groups is 1. The zero-order chi connectivity index (χ0) is 15.5. The summed E-state index contributed by atoms with van der Waals surface area (Å²) in [6.45, 7) is 11.6. The van der Waals surface area contributed by atoms with E-state index in [0.29, 0.717) is 6.04 Å². The van der Waals surface area contributed by atoms with Gasteiger partial charge < -0.3 is 15.0 Å². The molecule has 5 heteroatoms. The molecule has 2 atom stereocenters. The van der Waals surface area contributed by atoms with Crippen molar-refractivity contribution < 1.29 is 14.4 Å². The van der Waals surface area contributed by atoms with Gasteiger partial charge in [0.1, 0.15) is 19.1 Å². The number of thiophene rings is 1. The van der Waals surface area contributed by atoms with Gasteiger partial charge in [0, 0.05) is 5.41 Å². The van der Waals surface area contributed by atoms with Crippen LogP contribution in [-0.4, -0.2) is 38.3 Å². The van der Waals surface area contributed by atoms with Crippen LogP contribution in [0.25, 0.3) is 0 Å². The molecule has 0 radical (unpaired) electrons. The molecule has 1 fully saturated rings. The second kappa shape index (κ2) is 6.90. The number of morpholine rings is 1. The number of rotatable bonds is 4. The highest BCUT2D eigenvalue weighted by atomic mass is 32.1. The molecule has 1 aromatic rings. The maximum atomic E-state index is 12.3. The lowest BCUT2D eigenvalue weighted by Crippen LogP contribution is -3.15. The molecule has 0 aromatic carbocycles. The zero-order valence-corrected chi connectivity index (χ0v) is 14.3. The van der Waals surface area contributed by atoms with Crippen LogP contribution in [0.15, 0.2) is 17.5 Å². The molecule has 0 saturated carbocycles. The van der Waals surface area contributed by atoms with Gasteiger partial charge in [-0.3, -0.25) is 4.79 Å². The van der Waals surface area contributed by atoms with Crippen LogP contribution in [-0.2, 0) is 9.53 Å². The second-order valence-corrected chi connectivity index (χ2v) is 7.76. The Bertz CT molecular complexity index is 447. The Balaban J connectivity index is 2.13. The fraction of sp³-hybridized carbons (Fsp3) is 0.688. The predicted molar refractivity (Wildman–Crippen MR) is 85.6 cm³/mol. The summed E-state index contributed by atoms with van der Waals surface area (Å²) in [6.07, 6.45) is 0. The van der Waals surface area contributed by atoms with E-state index in [0.717, 1.165) is 26.3 Å². The van der Waals surface area contributed by atoms with E-state index in [1.54, 1.807) is 11.3 Å². The molecule has 2 heterocycles. The van der Waals surface area contributed by atoms with Gasteiger partial charge >= 0.3 is 0 Å². The summed E-state index contributed by atoms with van der Waals surface area (Å²) in [5.41, 5.74) is -0.353. The number of ether oxygens (including phenoxy) is 1. The fourth-order valence-corrected chi connectivity index (χ4v) is 3.71. The second-order valence-electron chi connectivity index (χ2n) is 6.78. The summed E-state index contributed by atoms with van der Waals surface area (Å²) < 4.78 is 5.48. The average Bonchev–Trinajstić information content (AvgIpc) is 2.93. The van der Waals surface area contributed by atoms with Crippen LogP contribution in [0.3, 0.4) is 0 Å². The first-order chi connectivity index (χ1) is 9.89. The molecule has 118 valence electrons. The lowest BCUT2D eigenvalue weighted by molar-refractivity contribution is -0.939. The molecule has 0 spiro atoms. The quantitative estimate of drug-likeness (QED) is 0.879. The molecule has 2 N–H and O–H groups in total. The third-order valence-corrected chi connectivity index (χ3v) is 4.92. The van der Waals surface area contributed by atoms with Crippen molar-refractivity contribution in [2.75, 3.05) is 26.3 Å². The maximum absolute atomic E-state index is 12.3. The Hall–Kier alpha value is -0.910. The first kappa shape index (κ1) is 16.5. The highest BCUT2D eigenvalue weighted by Crippen LogP contribution is 2.21. The molecule has 0 unspecified atom stereocenters. The Kier molecular flexibility index (Phi) is 5.41. The molecular weight excluding hydrogens is 284 g/mol. The Labute approximate surface area is 131 Å². The summed E-state index contributed by atoms with van der Waals surface area (Å²) >= 11 is 1.77. The molecule has 1 aromatic heterocycles. The van der Waals surface area contributed by atoms with Crippen molar-refractivity contribution in [1.82, 2.24) is 5.32 Å². The van der Waals surface area contributed by atoms with E-state index in [9.17, 15) is 4.79 Å².